The molecular weight excluding hydrogens is 300 g/mol. The molecule has 84 valence electrons. The standard InChI is InChI=1S/C9H11BrO3S2/c1-6(4-9(11)12)15(13)5-7-2-3-8(10)14-7/h2-3,6H,4-5H2,1H3,(H,11,12). The van der Waals surface area contributed by atoms with Gasteiger partial charge in [-0.2, -0.15) is 0 Å². The molecule has 1 rings (SSSR count). The van der Waals surface area contributed by atoms with Crippen LogP contribution in [0.4, 0.5) is 0 Å². The molecule has 0 aromatic carbocycles. The average Bonchev–Trinajstić information content (AvgIpc) is 2.50. The second kappa shape index (κ2) is 5.77. The molecule has 0 aliphatic heterocycles. The van der Waals surface area contributed by atoms with Crippen LogP contribution in [0.3, 0.4) is 0 Å². The van der Waals surface area contributed by atoms with Crippen LogP contribution in [0.2, 0.25) is 0 Å². The van der Waals surface area contributed by atoms with Crippen LogP contribution in [0.1, 0.15) is 18.2 Å². The van der Waals surface area contributed by atoms with Gasteiger partial charge in [-0.15, -0.1) is 11.3 Å². The molecule has 6 heteroatoms. The van der Waals surface area contributed by atoms with Crippen molar-refractivity contribution in [1.29, 1.82) is 0 Å². The van der Waals surface area contributed by atoms with Gasteiger partial charge in [0.15, 0.2) is 0 Å². The Morgan fingerprint density at radius 1 is 1.67 bits per heavy atom. The molecule has 0 aliphatic carbocycles. The molecule has 0 radical (unpaired) electrons. The molecule has 15 heavy (non-hydrogen) atoms. The van der Waals surface area contributed by atoms with Gasteiger partial charge in [0.1, 0.15) is 0 Å². The molecule has 0 fully saturated rings. The normalized spacial score (nSPS) is 14.8. The van der Waals surface area contributed by atoms with Crippen molar-refractivity contribution in [2.45, 2.75) is 24.3 Å². The first-order valence-electron chi connectivity index (χ1n) is 4.32. The number of hydrogen-bond donors (Lipinski definition) is 1. The van der Waals surface area contributed by atoms with Gasteiger partial charge >= 0.3 is 5.97 Å². The van der Waals surface area contributed by atoms with Gasteiger partial charge < -0.3 is 5.11 Å². The van der Waals surface area contributed by atoms with Crippen molar-refractivity contribution in [3.05, 3.63) is 20.8 Å². The maximum absolute atomic E-state index is 11.7. The van der Waals surface area contributed by atoms with E-state index in [0.29, 0.717) is 5.75 Å². The van der Waals surface area contributed by atoms with Gasteiger partial charge in [-0.05, 0) is 28.1 Å². The highest BCUT2D eigenvalue weighted by atomic mass is 79.9. The highest BCUT2D eigenvalue weighted by molar-refractivity contribution is 9.11. The quantitative estimate of drug-likeness (QED) is 0.909. The van der Waals surface area contributed by atoms with Crippen LogP contribution in [-0.4, -0.2) is 20.5 Å². The molecule has 0 aliphatic rings. The SMILES string of the molecule is CC(CC(=O)O)S(=O)Cc1ccc(Br)s1. The predicted octanol–water partition coefficient (Wildman–Crippen LogP) is 2.62. The van der Waals surface area contributed by atoms with Gasteiger partial charge in [-0.3, -0.25) is 9.00 Å². The van der Waals surface area contributed by atoms with E-state index in [9.17, 15) is 9.00 Å². The third-order valence-corrected chi connectivity index (χ3v) is 5.29. The zero-order chi connectivity index (χ0) is 11.4. The van der Waals surface area contributed by atoms with Crippen molar-refractivity contribution in [2.75, 3.05) is 0 Å². The molecule has 1 heterocycles. The zero-order valence-corrected chi connectivity index (χ0v) is 11.3. The maximum atomic E-state index is 11.7. The van der Waals surface area contributed by atoms with Crippen LogP contribution in [0.15, 0.2) is 15.9 Å². The Morgan fingerprint density at radius 2 is 2.33 bits per heavy atom. The van der Waals surface area contributed by atoms with Crippen LogP contribution >= 0.6 is 27.3 Å². The Labute approximate surface area is 103 Å². The fourth-order valence-corrected chi connectivity index (χ4v) is 3.90. The lowest BCUT2D eigenvalue weighted by molar-refractivity contribution is -0.136. The summed E-state index contributed by atoms with van der Waals surface area (Å²) in [6.07, 6.45) is -0.0425. The number of rotatable bonds is 5. The summed E-state index contributed by atoms with van der Waals surface area (Å²) in [5.41, 5.74) is 0. The maximum Gasteiger partial charge on any atom is 0.304 e. The molecule has 2 unspecified atom stereocenters. The Bertz CT molecular complexity index is 375. The molecule has 0 spiro atoms. The Balaban J connectivity index is 2.52. The molecule has 2 atom stereocenters. The fourth-order valence-electron chi connectivity index (χ4n) is 1.05. The van der Waals surface area contributed by atoms with Gasteiger partial charge in [0.25, 0.3) is 0 Å². The summed E-state index contributed by atoms with van der Waals surface area (Å²) >= 11 is 4.85. The van der Waals surface area contributed by atoms with Gasteiger partial charge in [0.2, 0.25) is 0 Å². The summed E-state index contributed by atoms with van der Waals surface area (Å²) in [6.45, 7) is 1.70. The average molecular weight is 311 g/mol. The fraction of sp³-hybridized carbons (Fsp3) is 0.444. The van der Waals surface area contributed by atoms with Crippen molar-refractivity contribution in [2.24, 2.45) is 0 Å². The van der Waals surface area contributed by atoms with Gasteiger partial charge in [0.05, 0.1) is 16.0 Å². The Kier molecular flexibility index (Phi) is 4.95. The van der Waals surface area contributed by atoms with Gasteiger partial charge in [-0.1, -0.05) is 6.92 Å². The van der Waals surface area contributed by atoms with Gasteiger partial charge in [-0.25, -0.2) is 0 Å². The first-order valence-corrected chi connectivity index (χ1v) is 7.31. The highest BCUT2D eigenvalue weighted by Crippen LogP contribution is 2.24. The highest BCUT2D eigenvalue weighted by Gasteiger charge is 2.15. The number of carboxylic acids is 1. The lowest BCUT2D eigenvalue weighted by Crippen LogP contribution is -2.16. The molecule has 0 saturated carbocycles. The first-order chi connectivity index (χ1) is 6.99. The van der Waals surface area contributed by atoms with Crippen LogP contribution in [-0.2, 0) is 21.3 Å². The third-order valence-electron chi connectivity index (χ3n) is 1.82. The van der Waals surface area contributed by atoms with E-state index in [0.717, 1.165) is 8.66 Å². The summed E-state index contributed by atoms with van der Waals surface area (Å²) in [4.78, 5) is 11.4. The van der Waals surface area contributed by atoms with Crippen LogP contribution in [0.25, 0.3) is 0 Å². The van der Waals surface area contributed by atoms with E-state index in [-0.39, 0.29) is 11.7 Å². The summed E-state index contributed by atoms with van der Waals surface area (Å²) in [6, 6.07) is 3.80. The number of carbonyl (C=O) groups is 1. The molecular formula is C9H11BrO3S2. The minimum atomic E-state index is -1.11. The Morgan fingerprint density at radius 3 is 2.80 bits per heavy atom. The molecule has 3 nitrogen and oxygen atoms in total. The molecule has 0 bridgehead atoms. The molecule has 1 N–H and O–H groups in total. The van der Waals surface area contributed by atoms with Gasteiger partial charge in [0, 0.05) is 20.9 Å². The predicted molar refractivity (Wildman–Crippen MR) is 65.6 cm³/mol. The molecule has 1 aromatic heterocycles. The van der Waals surface area contributed by atoms with Crippen LogP contribution < -0.4 is 0 Å². The summed E-state index contributed by atoms with van der Waals surface area (Å²) in [5, 5.41) is 8.26. The third kappa shape index (κ3) is 4.44. The minimum absolute atomic E-state index is 0.0425. The smallest absolute Gasteiger partial charge is 0.304 e. The van der Waals surface area contributed by atoms with E-state index >= 15 is 0 Å². The lowest BCUT2D eigenvalue weighted by atomic mass is 10.3. The van der Waals surface area contributed by atoms with Crippen molar-refractivity contribution < 1.29 is 14.1 Å². The number of aliphatic carboxylic acids is 1. The largest absolute Gasteiger partial charge is 0.481 e. The molecule has 0 amide bonds. The zero-order valence-electron chi connectivity index (χ0n) is 8.10. The number of carboxylic acid groups (broad SMARTS) is 1. The molecule has 0 saturated heterocycles. The monoisotopic (exact) mass is 310 g/mol. The van der Waals surface area contributed by atoms with E-state index in [1.54, 1.807) is 6.92 Å². The van der Waals surface area contributed by atoms with Crippen molar-refractivity contribution in [1.82, 2.24) is 0 Å². The van der Waals surface area contributed by atoms with E-state index in [4.69, 9.17) is 5.11 Å². The van der Waals surface area contributed by atoms with Crippen LogP contribution in [0, 0.1) is 0 Å². The van der Waals surface area contributed by atoms with Crippen molar-refractivity contribution in [3.63, 3.8) is 0 Å². The summed E-state index contributed by atoms with van der Waals surface area (Å²) in [7, 11) is -1.11. The first kappa shape index (κ1) is 12.9. The second-order valence-corrected chi connectivity index (χ2v) is 7.54. The van der Waals surface area contributed by atoms with Crippen LogP contribution in [0.5, 0.6) is 0 Å². The van der Waals surface area contributed by atoms with E-state index in [2.05, 4.69) is 15.9 Å². The summed E-state index contributed by atoms with van der Waals surface area (Å²) in [5.74, 6) is -0.465. The van der Waals surface area contributed by atoms with Crippen molar-refractivity contribution >= 4 is 44.0 Å². The second-order valence-electron chi connectivity index (χ2n) is 3.14. The minimum Gasteiger partial charge on any atom is -0.481 e. The number of hydrogen-bond acceptors (Lipinski definition) is 3. The summed E-state index contributed by atoms with van der Waals surface area (Å²) < 4.78 is 12.7. The number of halogens is 1. The van der Waals surface area contributed by atoms with E-state index in [1.165, 1.54) is 11.3 Å². The van der Waals surface area contributed by atoms with Crippen molar-refractivity contribution in [3.8, 4) is 0 Å². The van der Waals surface area contributed by atoms with E-state index < -0.39 is 16.8 Å². The van der Waals surface area contributed by atoms with E-state index in [1.807, 2.05) is 12.1 Å². The molecule has 1 aromatic rings. The lowest BCUT2D eigenvalue weighted by Gasteiger charge is -2.07. The topological polar surface area (TPSA) is 54.4 Å². The number of thiophene rings is 1. The Hall–Kier alpha value is -0.200.